The van der Waals surface area contributed by atoms with Gasteiger partial charge in [0.25, 0.3) is 0 Å². The number of aromatic nitrogens is 1. The predicted molar refractivity (Wildman–Crippen MR) is 73.3 cm³/mol. The number of hydrogen-bond donors (Lipinski definition) is 2. The minimum absolute atomic E-state index is 0. The zero-order chi connectivity index (χ0) is 12.1. The molecule has 0 spiro atoms. The Labute approximate surface area is 112 Å². The number of nitrogens with two attached hydrogens (primary N) is 1. The molecule has 0 saturated heterocycles. The number of halogens is 1. The molecular weight excluding hydrogens is 250 g/mol. The van der Waals surface area contributed by atoms with Gasteiger partial charge in [-0.2, -0.15) is 0 Å². The fourth-order valence-electron chi connectivity index (χ4n) is 1.40. The summed E-state index contributed by atoms with van der Waals surface area (Å²) in [6.07, 6.45) is 3.45. The van der Waals surface area contributed by atoms with Crippen molar-refractivity contribution in [2.24, 2.45) is 5.73 Å². The number of pyridine rings is 1. The quantitative estimate of drug-likeness (QED) is 0.657. The maximum Gasteiger partial charge on any atom is 0.122 e. The fourth-order valence-corrected chi connectivity index (χ4v) is 1.40. The molecule has 2 rings (SSSR count). The summed E-state index contributed by atoms with van der Waals surface area (Å²) < 4.78 is 5.60. The van der Waals surface area contributed by atoms with Gasteiger partial charge >= 0.3 is 0 Å². The van der Waals surface area contributed by atoms with E-state index < -0.39 is 0 Å². The van der Waals surface area contributed by atoms with E-state index in [1.807, 2.05) is 24.3 Å². The third-order valence-electron chi connectivity index (χ3n) is 2.30. The Balaban J connectivity index is 0.00000162. The Kier molecular flexibility index (Phi) is 5.14. The lowest BCUT2D eigenvalue weighted by Crippen LogP contribution is -2.10. The van der Waals surface area contributed by atoms with Gasteiger partial charge in [-0.3, -0.25) is 10.4 Å². The summed E-state index contributed by atoms with van der Waals surface area (Å²) in [5.41, 5.74) is 7.12. The second kappa shape index (κ2) is 6.61. The first-order chi connectivity index (χ1) is 8.25. The van der Waals surface area contributed by atoms with Crippen LogP contribution < -0.4 is 10.5 Å². The van der Waals surface area contributed by atoms with Crippen molar-refractivity contribution in [3.05, 3.63) is 59.9 Å². The third kappa shape index (κ3) is 3.75. The minimum atomic E-state index is 0. The second-order valence-electron chi connectivity index (χ2n) is 3.59. The van der Waals surface area contributed by atoms with E-state index >= 15 is 0 Å². The molecule has 0 atom stereocenters. The molecule has 0 aliphatic carbocycles. The number of nitrogen functional groups attached to an aromatic ring is 1. The monoisotopic (exact) mass is 263 g/mol. The molecule has 1 heterocycles. The van der Waals surface area contributed by atoms with Gasteiger partial charge in [0.15, 0.2) is 0 Å². The van der Waals surface area contributed by atoms with Gasteiger partial charge in [0.05, 0.1) is 0 Å². The van der Waals surface area contributed by atoms with Gasteiger partial charge in [-0.25, -0.2) is 0 Å². The average Bonchev–Trinajstić information content (AvgIpc) is 2.38. The normalized spacial score (nSPS) is 9.33. The van der Waals surface area contributed by atoms with Crippen LogP contribution in [-0.4, -0.2) is 10.8 Å². The molecule has 0 aliphatic heterocycles. The first-order valence-electron chi connectivity index (χ1n) is 5.22. The first kappa shape index (κ1) is 14.0. The molecule has 0 amide bonds. The van der Waals surface area contributed by atoms with Crippen LogP contribution in [0, 0.1) is 5.41 Å². The highest BCUT2D eigenvalue weighted by molar-refractivity contribution is 5.95. The SMILES string of the molecule is Cl.N=C(N)c1cccc(OCc2ccncc2)c1. The van der Waals surface area contributed by atoms with E-state index in [-0.39, 0.29) is 18.2 Å². The molecule has 0 aliphatic rings. The molecule has 3 N–H and O–H groups in total. The number of rotatable bonds is 4. The first-order valence-corrected chi connectivity index (χ1v) is 5.22. The van der Waals surface area contributed by atoms with E-state index in [0.29, 0.717) is 17.9 Å². The van der Waals surface area contributed by atoms with E-state index in [9.17, 15) is 0 Å². The number of hydrogen-bond acceptors (Lipinski definition) is 3. The van der Waals surface area contributed by atoms with Crippen LogP contribution in [-0.2, 0) is 6.61 Å². The number of nitrogens with zero attached hydrogens (tertiary/aromatic N) is 1. The summed E-state index contributed by atoms with van der Waals surface area (Å²) >= 11 is 0. The standard InChI is InChI=1S/C13H13N3O.ClH/c14-13(15)11-2-1-3-12(8-11)17-9-10-4-6-16-7-5-10;/h1-8H,9H2,(H3,14,15);1H. The van der Waals surface area contributed by atoms with Crippen LogP contribution >= 0.6 is 12.4 Å². The molecular formula is C13H14ClN3O. The highest BCUT2D eigenvalue weighted by Crippen LogP contribution is 2.14. The van der Waals surface area contributed by atoms with Crippen molar-refractivity contribution < 1.29 is 4.74 Å². The molecule has 2 aromatic rings. The maximum atomic E-state index is 7.34. The van der Waals surface area contributed by atoms with Crippen LogP contribution in [0.3, 0.4) is 0 Å². The summed E-state index contributed by atoms with van der Waals surface area (Å²) in [7, 11) is 0. The van der Waals surface area contributed by atoms with Crippen LogP contribution in [0.1, 0.15) is 11.1 Å². The lowest BCUT2D eigenvalue weighted by molar-refractivity contribution is 0.306. The van der Waals surface area contributed by atoms with E-state index in [1.54, 1.807) is 24.5 Å². The molecule has 0 saturated carbocycles. The van der Waals surface area contributed by atoms with Crippen LogP contribution in [0.5, 0.6) is 5.75 Å². The Morgan fingerprint density at radius 1 is 1.22 bits per heavy atom. The van der Waals surface area contributed by atoms with Crippen molar-refractivity contribution in [1.29, 1.82) is 5.41 Å². The molecule has 5 heteroatoms. The second-order valence-corrected chi connectivity index (χ2v) is 3.59. The van der Waals surface area contributed by atoms with Gasteiger partial charge in [0.1, 0.15) is 18.2 Å². The number of ether oxygens (including phenoxy) is 1. The number of amidine groups is 1. The van der Waals surface area contributed by atoms with Crippen LogP contribution in [0.25, 0.3) is 0 Å². The smallest absolute Gasteiger partial charge is 0.122 e. The Morgan fingerprint density at radius 2 is 1.94 bits per heavy atom. The Morgan fingerprint density at radius 3 is 2.61 bits per heavy atom. The summed E-state index contributed by atoms with van der Waals surface area (Å²) in [6.45, 7) is 0.476. The van der Waals surface area contributed by atoms with Gasteiger partial charge in [-0.1, -0.05) is 12.1 Å². The lowest BCUT2D eigenvalue weighted by Gasteiger charge is -2.07. The van der Waals surface area contributed by atoms with E-state index in [0.717, 1.165) is 5.56 Å². The molecule has 0 unspecified atom stereocenters. The largest absolute Gasteiger partial charge is 0.489 e. The van der Waals surface area contributed by atoms with Crippen molar-refractivity contribution >= 4 is 18.2 Å². The van der Waals surface area contributed by atoms with Gasteiger partial charge < -0.3 is 10.5 Å². The molecule has 1 aromatic heterocycles. The molecule has 0 radical (unpaired) electrons. The zero-order valence-corrected chi connectivity index (χ0v) is 10.5. The average molecular weight is 264 g/mol. The number of benzene rings is 1. The highest BCUT2D eigenvalue weighted by atomic mass is 35.5. The van der Waals surface area contributed by atoms with Gasteiger partial charge in [0, 0.05) is 18.0 Å². The maximum absolute atomic E-state index is 7.34. The topological polar surface area (TPSA) is 72.0 Å². The summed E-state index contributed by atoms with van der Waals surface area (Å²) in [6, 6.07) is 11.0. The van der Waals surface area contributed by atoms with Crippen molar-refractivity contribution in [1.82, 2.24) is 4.98 Å². The summed E-state index contributed by atoms with van der Waals surface area (Å²) in [5, 5.41) is 7.34. The van der Waals surface area contributed by atoms with Crippen LogP contribution in [0.15, 0.2) is 48.8 Å². The minimum Gasteiger partial charge on any atom is -0.489 e. The van der Waals surface area contributed by atoms with Gasteiger partial charge in [-0.05, 0) is 29.8 Å². The summed E-state index contributed by atoms with van der Waals surface area (Å²) in [4.78, 5) is 3.94. The molecule has 94 valence electrons. The Bertz CT molecular complexity index is 517. The van der Waals surface area contributed by atoms with Crippen LogP contribution in [0.4, 0.5) is 0 Å². The molecule has 4 nitrogen and oxygen atoms in total. The van der Waals surface area contributed by atoms with Gasteiger partial charge in [-0.15, -0.1) is 12.4 Å². The molecule has 0 bridgehead atoms. The molecule has 18 heavy (non-hydrogen) atoms. The molecule has 0 fully saturated rings. The zero-order valence-electron chi connectivity index (χ0n) is 9.67. The predicted octanol–water partition coefficient (Wildman–Crippen LogP) is 2.37. The lowest BCUT2D eigenvalue weighted by atomic mass is 10.2. The van der Waals surface area contributed by atoms with Gasteiger partial charge in [0.2, 0.25) is 0 Å². The molecule has 1 aromatic carbocycles. The van der Waals surface area contributed by atoms with E-state index in [4.69, 9.17) is 15.9 Å². The van der Waals surface area contributed by atoms with Crippen molar-refractivity contribution in [3.63, 3.8) is 0 Å². The van der Waals surface area contributed by atoms with Crippen molar-refractivity contribution in [2.45, 2.75) is 6.61 Å². The highest BCUT2D eigenvalue weighted by Gasteiger charge is 1.99. The number of nitrogens with one attached hydrogen (secondary N) is 1. The summed E-state index contributed by atoms with van der Waals surface area (Å²) in [5.74, 6) is 0.744. The fraction of sp³-hybridized carbons (Fsp3) is 0.0769. The third-order valence-corrected chi connectivity index (χ3v) is 2.30. The Hall–Kier alpha value is -2.07. The van der Waals surface area contributed by atoms with Crippen molar-refractivity contribution in [2.75, 3.05) is 0 Å². The van der Waals surface area contributed by atoms with E-state index in [2.05, 4.69) is 4.98 Å². The van der Waals surface area contributed by atoms with Crippen LogP contribution in [0.2, 0.25) is 0 Å². The van der Waals surface area contributed by atoms with E-state index in [1.165, 1.54) is 0 Å². The van der Waals surface area contributed by atoms with Crippen molar-refractivity contribution in [3.8, 4) is 5.75 Å².